The van der Waals surface area contributed by atoms with E-state index in [0.29, 0.717) is 17.5 Å². The van der Waals surface area contributed by atoms with Crippen molar-refractivity contribution in [2.24, 2.45) is 7.05 Å². The van der Waals surface area contributed by atoms with E-state index in [1.54, 1.807) is 11.7 Å². The fraction of sp³-hybridized carbons (Fsp3) is 0.400. The number of fused-ring (bicyclic) bond motifs is 2. The van der Waals surface area contributed by atoms with E-state index in [4.69, 9.17) is 4.74 Å². The topological polar surface area (TPSA) is 91.0 Å². The summed E-state index contributed by atoms with van der Waals surface area (Å²) in [5.41, 5.74) is 0.958. The van der Waals surface area contributed by atoms with Crippen molar-refractivity contribution in [1.29, 1.82) is 0 Å². The second kappa shape index (κ2) is 6.78. The van der Waals surface area contributed by atoms with Crippen molar-refractivity contribution in [2.75, 3.05) is 0 Å². The third-order valence-electron chi connectivity index (χ3n) is 5.01. The highest BCUT2D eigenvalue weighted by Gasteiger charge is 2.34. The van der Waals surface area contributed by atoms with Gasteiger partial charge in [0.1, 0.15) is 16.7 Å². The molecule has 0 radical (unpaired) electrons. The third-order valence-corrected chi connectivity index (χ3v) is 5.01. The lowest BCUT2D eigenvalue weighted by Gasteiger charge is -2.37. The van der Waals surface area contributed by atoms with Gasteiger partial charge in [-0.15, -0.1) is 0 Å². The molecule has 1 aliphatic rings. The summed E-state index contributed by atoms with van der Waals surface area (Å²) in [6.07, 6.45) is 3.83. The first-order valence-corrected chi connectivity index (χ1v) is 9.28. The maximum atomic E-state index is 12.6. The van der Waals surface area contributed by atoms with Crippen LogP contribution < -0.4 is 15.6 Å². The molecule has 0 saturated carbocycles. The van der Waals surface area contributed by atoms with Gasteiger partial charge in [0.15, 0.2) is 5.65 Å². The number of carbonyl (C=O) groups excluding carboxylic acids is 1. The lowest BCUT2D eigenvalue weighted by molar-refractivity contribution is -0.122. The van der Waals surface area contributed by atoms with E-state index >= 15 is 0 Å². The Morgan fingerprint density at radius 2 is 2.14 bits per heavy atom. The number of hydrogen-bond acceptors (Lipinski definition) is 5. The van der Waals surface area contributed by atoms with Crippen LogP contribution in [0.1, 0.15) is 38.3 Å². The Kier molecular flexibility index (Phi) is 4.41. The standard InChI is InChI=1S/C20H23N5O3/c1-20(2)10-15(13-6-4-5-7-16(13)28-20)23-17(26)8-9-25-12-21-18-14(19(25)27)11-22-24(18)3/h4-7,11-12,15H,8-10H2,1-3H3,(H,23,26). The van der Waals surface area contributed by atoms with E-state index in [-0.39, 0.29) is 36.1 Å². The molecule has 4 rings (SSSR count). The molecular formula is C20H23N5O3. The van der Waals surface area contributed by atoms with E-state index in [0.717, 1.165) is 11.3 Å². The summed E-state index contributed by atoms with van der Waals surface area (Å²) >= 11 is 0. The van der Waals surface area contributed by atoms with Crippen LogP contribution >= 0.6 is 0 Å². The second-order valence-electron chi connectivity index (χ2n) is 7.72. The predicted molar refractivity (Wildman–Crippen MR) is 104 cm³/mol. The van der Waals surface area contributed by atoms with Crippen molar-refractivity contribution in [3.05, 3.63) is 52.7 Å². The van der Waals surface area contributed by atoms with Crippen molar-refractivity contribution >= 4 is 16.9 Å². The molecule has 1 unspecified atom stereocenters. The first-order valence-electron chi connectivity index (χ1n) is 9.28. The van der Waals surface area contributed by atoms with Crippen molar-refractivity contribution in [3.8, 4) is 5.75 Å². The highest BCUT2D eigenvalue weighted by molar-refractivity contribution is 5.77. The minimum atomic E-state index is -0.363. The molecule has 8 heteroatoms. The van der Waals surface area contributed by atoms with Gasteiger partial charge < -0.3 is 10.1 Å². The minimum absolute atomic E-state index is 0.115. The van der Waals surface area contributed by atoms with Gasteiger partial charge in [0.05, 0.1) is 18.6 Å². The number of hydrogen-bond donors (Lipinski definition) is 1. The Hall–Kier alpha value is -3.16. The van der Waals surface area contributed by atoms with E-state index < -0.39 is 0 Å². The SMILES string of the molecule is Cn1ncc2c(=O)n(CCC(=O)NC3CC(C)(C)Oc4ccccc43)cnc21. The third kappa shape index (κ3) is 3.37. The number of aromatic nitrogens is 4. The van der Waals surface area contributed by atoms with Crippen molar-refractivity contribution in [2.45, 2.75) is 44.9 Å². The lowest BCUT2D eigenvalue weighted by atomic mass is 9.89. The molecule has 1 aliphatic heterocycles. The van der Waals surface area contributed by atoms with Gasteiger partial charge in [-0.05, 0) is 19.9 Å². The van der Waals surface area contributed by atoms with E-state index in [1.165, 1.54) is 17.1 Å². The number of benzene rings is 1. The molecule has 1 amide bonds. The maximum Gasteiger partial charge on any atom is 0.264 e. The largest absolute Gasteiger partial charge is 0.487 e. The molecule has 0 saturated heterocycles. The Morgan fingerprint density at radius 1 is 1.36 bits per heavy atom. The molecule has 0 aliphatic carbocycles. The maximum absolute atomic E-state index is 12.6. The van der Waals surface area contributed by atoms with Gasteiger partial charge in [0.2, 0.25) is 5.91 Å². The van der Waals surface area contributed by atoms with Crippen LogP contribution in [0.25, 0.3) is 11.0 Å². The molecule has 1 N–H and O–H groups in total. The van der Waals surface area contributed by atoms with Gasteiger partial charge in [-0.1, -0.05) is 18.2 Å². The van der Waals surface area contributed by atoms with E-state index in [1.807, 2.05) is 38.1 Å². The molecule has 2 aromatic heterocycles. The molecular weight excluding hydrogens is 358 g/mol. The first kappa shape index (κ1) is 18.2. The van der Waals surface area contributed by atoms with Crippen molar-refractivity contribution < 1.29 is 9.53 Å². The van der Waals surface area contributed by atoms with Gasteiger partial charge >= 0.3 is 0 Å². The molecule has 146 valence electrons. The number of nitrogens with zero attached hydrogens (tertiary/aromatic N) is 4. The summed E-state index contributed by atoms with van der Waals surface area (Å²) in [6.45, 7) is 4.28. The van der Waals surface area contributed by atoms with Crippen LogP contribution in [0.2, 0.25) is 0 Å². The Balaban J connectivity index is 1.47. The summed E-state index contributed by atoms with van der Waals surface area (Å²) in [4.78, 5) is 29.4. The number of para-hydroxylation sites is 1. The zero-order chi connectivity index (χ0) is 19.9. The summed E-state index contributed by atoms with van der Waals surface area (Å²) in [7, 11) is 1.74. The van der Waals surface area contributed by atoms with Crippen LogP contribution in [-0.4, -0.2) is 30.8 Å². The molecule has 3 heterocycles. The van der Waals surface area contributed by atoms with Gasteiger partial charge in [0.25, 0.3) is 5.56 Å². The van der Waals surface area contributed by atoms with Crippen LogP contribution in [0.4, 0.5) is 0 Å². The molecule has 0 bridgehead atoms. The molecule has 1 aromatic carbocycles. The Morgan fingerprint density at radius 3 is 2.96 bits per heavy atom. The quantitative estimate of drug-likeness (QED) is 0.746. The van der Waals surface area contributed by atoms with Gasteiger partial charge in [-0.3, -0.25) is 18.8 Å². The minimum Gasteiger partial charge on any atom is -0.487 e. The summed E-state index contributed by atoms with van der Waals surface area (Å²) in [5.74, 6) is 0.683. The fourth-order valence-corrected chi connectivity index (χ4v) is 3.65. The first-order chi connectivity index (χ1) is 13.3. The van der Waals surface area contributed by atoms with E-state index in [9.17, 15) is 9.59 Å². The van der Waals surface area contributed by atoms with Crippen LogP contribution in [0.3, 0.4) is 0 Å². The van der Waals surface area contributed by atoms with Crippen LogP contribution in [0, 0.1) is 0 Å². The average molecular weight is 381 g/mol. The zero-order valence-electron chi connectivity index (χ0n) is 16.2. The summed E-state index contributed by atoms with van der Waals surface area (Å²) < 4.78 is 9.01. The molecule has 0 spiro atoms. The molecule has 3 aromatic rings. The second-order valence-corrected chi connectivity index (χ2v) is 7.72. The molecule has 1 atom stereocenters. The number of nitrogens with one attached hydrogen (secondary N) is 1. The normalized spacial score (nSPS) is 17.8. The van der Waals surface area contributed by atoms with Crippen LogP contribution in [0.15, 0.2) is 41.6 Å². The highest BCUT2D eigenvalue weighted by Crippen LogP contribution is 2.39. The fourth-order valence-electron chi connectivity index (χ4n) is 3.65. The number of ether oxygens (including phenoxy) is 1. The molecule has 28 heavy (non-hydrogen) atoms. The summed E-state index contributed by atoms with van der Waals surface area (Å²) in [5, 5.41) is 7.59. The van der Waals surface area contributed by atoms with Crippen LogP contribution in [0.5, 0.6) is 5.75 Å². The zero-order valence-corrected chi connectivity index (χ0v) is 16.2. The predicted octanol–water partition coefficient (Wildman–Crippen LogP) is 1.94. The smallest absolute Gasteiger partial charge is 0.264 e. The molecule has 8 nitrogen and oxygen atoms in total. The highest BCUT2D eigenvalue weighted by atomic mass is 16.5. The number of carbonyl (C=O) groups is 1. The van der Waals surface area contributed by atoms with Crippen molar-refractivity contribution in [3.63, 3.8) is 0 Å². The van der Waals surface area contributed by atoms with Crippen molar-refractivity contribution in [1.82, 2.24) is 24.6 Å². The summed E-state index contributed by atoms with van der Waals surface area (Å²) in [6, 6.07) is 7.63. The van der Waals surface area contributed by atoms with Gasteiger partial charge in [-0.25, -0.2) is 4.98 Å². The van der Waals surface area contributed by atoms with Gasteiger partial charge in [0, 0.05) is 32.0 Å². The Bertz CT molecular complexity index is 1100. The van der Waals surface area contributed by atoms with E-state index in [2.05, 4.69) is 15.4 Å². The van der Waals surface area contributed by atoms with Gasteiger partial charge in [-0.2, -0.15) is 5.10 Å². The average Bonchev–Trinajstić information content (AvgIpc) is 3.02. The monoisotopic (exact) mass is 381 g/mol. The number of aryl methyl sites for hydroxylation is 2. The molecule has 0 fully saturated rings. The Labute approximate surface area is 162 Å². The van der Waals surface area contributed by atoms with Crippen LogP contribution in [-0.2, 0) is 18.4 Å². The number of amides is 1. The number of rotatable bonds is 4. The lowest BCUT2D eigenvalue weighted by Crippen LogP contribution is -2.41.